The molecule has 10 heteroatoms. The number of benzene rings is 1. The second kappa shape index (κ2) is 13.6. The van der Waals surface area contributed by atoms with Crippen LogP contribution in [-0.2, 0) is 36.7 Å². The Labute approximate surface area is 235 Å². The molecule has 1 aliphatic carbocycles. The summed E-state index contributed by atoms with van der Waals surface area (Å²) in [6.45, 7) is 7.24. The number of hydrogen-bond donors (Lipinski definition) is 3. The molecule has 10 nitrogen and oxygen atoms in total. The molecule has 0 bridgehead atoms. The summed E-state index contributed by atoms with van der Waals surface area (Å²) in [7, 11) is 0. The molecule has 2 unspecified atom stereocenters. The van der Waals surface area contributed by atoms with Crippen molar-refractivity contribution in [3.63, 3.8) is 0 Å². The van der Waals surface area contributed by atoms with Gasteiger partial charge >= 0.3 is 5.97 Å². The summed E-state index contributed by atoms with van der Waals surface area (Å²) in [6, 6.07) is 5.85. The molecule has 1 aromatic carbocycles. The smallest absolute Gasteiger partial charge is 0.332 e. The Morgan fingerprint density at radius 2 is 1.90 bits per heavy atom. The molecule has 216 valence electrons. The van der Waals surface area contributed by atoms with Crippen molar-refractivity contribution in [3.8, 4) is 5.75 Å². The van der Waals surface area contributed by atoms with E-state index in [2.05, 4.69) is 28.3 Å². The molecular formula is C30H40N4O6. The monoisotopic (exact) mass is 552 g/mol. The second-order valence-corrected chi connectivity index (χ2v) is 11.1. The molecule has 4 rings (SSSR count). The number of rotatable bonds is 11. The van der Waals surface area contributed by atoms with Gasteiger partial charge in [0, 0.05) is 31.1 Å². The Morgan fingerprint density at radius 1 is 1.18 bits per heavy atom. The normalized spacial score (nSPS) is 17.9. The van der Waals surface area contributed by atoms with E-state index in [1.165, 1.54) is 0 Å². The van der Waals surface area contributed by atoms with Crippen LogP contribution in [-0.4, -0.2) is 76.2 Å². The van der Waals surface area contributed by atoms with Crippen molar-refractivity contribution in [3.05, 3.63) is 53.1 Å². The summed E-state index contributed by atoms with van der Waals surface area (Å²) in [6.07, 6.45) is 6.34. The largest absolute Gasteiger partial charge is 0.508 e. The summed E-state index contributed by atoms with van der Waals surface area (Å²) in [5, 5.41) is 12.6. The Hall–Kier alpha value is -3.66. The van der Waals surface area contributed by atoms with Gasteiger partial charge < -0.3 is 29.8 Å². The number of piperidine rings is 1. The molecule has 2 aliphatic rings. The van der Waals surface area contributed by atoms with Crippen LogP contribution in [0.25, 0.3) is 6.08 Å². The number of amides is 2. The summed E-state index contributed by atoms with van der Waals surface area (Å²) < 4.78 is 10.9. The number of aromatic nitrogens is 2. The van der Waals surface area contributed by atoms with E-state index in [1.54, 1.807) is 29.2 Å². The van der Waals surface area contributed by atoms with Crippen LogP contribution in [0, 0.1) is 5.92 Å². The number of esters is 1. The molecular weight excluding hydrogens is 512 g/mol. The average molecular weight is 553 g/mol. The predicted octanol–water partition coefficient (Wildman–Crippen LogP) is 3.11. The number of H-pyrrole nitrogens is 1. The van der Waals surface area contributed by atoms with Crippen LogP contribution in [0.1, 0.15) is 68.7 Å². The quantitative estimate of drug-likeness (QED) is 0.365. The fourth-order valence-corrected chi connectivity index (χ4v) is 4.96. The highest BCUT2D eigenvalue weighted by Gasteiger charge is 2.30. The Kier molecular flexibility index (Phi) is 9.98. The molecule has 2 aromatic rings. The lowest BCUT2D eigenvalue weighted by Gasteiger charge is -2.34. The van der Waals surface area contributed by atoms with Crippen LogP contribution in [0.4, 0.5) is 0 Å². The summed E-state index contributed by atoms with van der Waals surface area (Å²) in [5.41, 5.74) is 2.71. The van der Waals surface area contributed by atoms with Gasteiger partial charge in [0.1, 0.15) is 24.2 Å². The fraction of sp³-hybridized carbons (Fsp3) is 0.533. The van der Waals surface area contributed by atoms with Crippen LogP contribution >= 0.6 is 0 Å². The lowest BCUT2D eigenvalue weighted by Crippen LogP contribution is -2.52. The van der Waals surface area contributed by atoms with E-state index in [0.717, 1.165) is 23.4 Å². The maximum absolute atomic E-state index is 13.6. The van der Waals surface area contributed by atoms with Gasteiger partial charge in [-0.25, -0.2) is 9.78 Å². The molecule has 0 saturated carbocycles. The van der Waals surface area contributed by atoms with Crippen LogP contribution in [0.15, 0.2) is 30.3 Å². The van der Waals surface area contributed by atoms with Gasteiger partial charge in [-0.15, -0.1) is 0 Å². The van der Waals surface area contributed by atoms with E-state index in [0.29, 0.717) is 44.3 Å². The van der Waals surface area contributed by atoms with E-state index >= 15 is 0 Å². The first-order valence-electron chi connectivity index (χ1n) is 14.1. The molecule has 1 aliphatic heterocycles. The minimum absolute atomic E-state index is 0.0374. The number of hydrogen-bond acceptors (Lipinski definition) is 7. The van der Waals surface area contributed by atoms with Gasteiger partial charge in [-0.05, 0) is 49.0 Å². The van der Waals surface area contributed by atoms with E-state index in [1.807, 2.05) is 19.9 Å². The summed E-state index contributed by atoms with van der Waals surface area (Å²) in [4.78, 5) is 48.1. The van der Waals surface area contributed by atoms with Gasteiger partial charge in [0.2, 0.25) is 11.8 Å². The van der Waals surface area contributed by atoms with Gasteiger partial charge in [-0.2, -0.15) is 0 Å². The number of allylic oxidation sites excluding steroid dienone is 1. The minimum Gasteiger partial charge on any atom is -0.508 e. The van der Waals surface area contributed by atoms with E-state index in [4.69, 9.17) is 9.47 Å². The van der Waals surface area contributed by atoms with Crippen molar-refractivity contribution in [1.29, 1.82) is 0 Å². The Bertz CT molecular complexity index is 1200. The zero-order chi connectivity index (χ0) is 28.6. The number of carbonyl (C=O) groups is 3. The van der Waals surface area contributed by atoms with Crippen molar-refractivity contribution in [2.24, 2.45) is 5.92 Å². The molecule has 0 spiro atoms. The van der Waals surface area contributed by atoms with Gasteiger partial charge in [-0.1, -0.05) is 39.0 Å². The highest BCUT2D eigenvalue weighted by molar-refractivity contribution is 5.88. The first-order chi connectivity index (χ1) is 19.2. The van der Waals surface area contributed by atoms with Crippen molar-refractivity contribution in [2.45, 2.75) is 70.9 Å². The molecule has 0 radical (unpaired) electrons. The van der Waals surface area contributed by atoms with E-state index in [-0.39, 0.29) is 55.0 Å². The average Bonchev–Trinajstić information content (AvgIpc) is 3.35. The van der Waals surface area contributed by atoms with E-state index < -0.39 is 6.04 Å². The molecule has 2 amide bonds. The van der Waals surface area contributed by atoms with Crippen LogP contribution in [0.2, 0.25) is 0 Å². The van der Waals surface area contributed by atoms with Gasteiger partial charge in [-0.3, -0.25) is 9.59 Å². The number of carbonyl (C=O) groups excluding carboxylic acids is 3. The van der Waals surface area contributed by atoms with Crippen molar-refractivity contribution in [2.75, 3.05) is 26.3 Å². The number of aromatic amines is 1. The number of aromatic hydroxyl groups is 1. The van der Waals surface area contributed by atoms with Gasteiger partial charge in [0.15, 0.2) is 0 Å². The topological polar surface area (TPSA) is 134 Å². The fourth-order valence-electron chi connectivity index (χ4n) is 4.96. The maximum atomic E-state index is 13.6. The highest BCUT2D eigenvalue weighted by Crippen LogP contribution is 2.27. The third-order valence-electron chi connectivity index (χ3n) is 7.17. The molecule has 3 N–H and O–H groups in total. The van der Waals surface area contributed by atoms with Crippen LogP contribution in [0.5, 0.6) is 5.75 Å². The number of likely N-dealkylation sites (tertiary alicyclic amines) is 1. The van der Waals surface area contributed by atoms with Gasteiger partial charge in [0.05, 0.1) is 24.8 Å². The lowest BCUT2D eigenvalue weighted by atomic mass is 9.97. The third-order valence-corrected chi connectivity index (χ3v) is 7.17. The molecule has 40 heavy (non-hydrogen) atoms. The zero-order valence-corrected chi connectivity index (χ0v) is 23.5. The molecule has 2 heterocycles. The minimum atomic E-state index is -0.774. The van der Waals surface area contributed by atoms with Crippen molar-refractivity contribution in [1.82, 2.24) is 20.2 Å². The summed E-state index contributed by atoms with van der Waals surface area (Å²) in [5.74, 6) is 0.429. The zero-order valence-electron chi connectivity index (χ0n) is 23.5. The number of phenols is 1. The maximum Gasteiger partial charge on any atom is 0.332 e. The number of nitrogens with one attached hydrogen (secondary N) is 2. The number of nitrogens with zero attached hydrogens (tertiary/aromatic N) is 2. The van der Waals surface area contributed by atoms with E-state index in [9.17, 15) is 19.5 Å². The number of fused-ring (bicyclic) bond motifs is 1. The molecule has 1 aromatic heterocycles. The SMILES string of the molecule is CC(C)COC(=O)COC1CCN(C(=O)C(Cc2ccc(O)cc2)NC(=O)Cc2nc3c([nH]2)C(C)CC=C3)CC1. The molecule has 2 atom stereocenters. The van der Waals surface area contributed by atoms with Crippen molar-refractivity contribution >= 4 is 23.9 Å². The lowest BCUT2D eigenvalue weighted by molar-refractivity contribution is -0.154. The number of ether oxygens (including phenoxy) is 2. The molecule has 1 fully saturated rings. The van der Waals surface area contributed by atoms with Crippen LogP contribution in [0.3, 0.4) is 0 Å². The standard InChI is InChI=1S/C30H40N4O6/c1-19(2)17-40-28(37)18-39-23-11-13-34(14-12-23)30(38)25(15-21-7-9-22(35)10-8-21)32-27(36)16-26-31-24-6-4-5-20(3)29(24)33-26/h4,6-10,19-20,23,25,35H,5,11-18H2,1-3H3,(H,31,33)(H,32,36). The highest BCUT2D eigenvalue weighted by atomic mass is 16.6. The Balaban J connectivity index is 1.35. The number of imidazole rings is 1. The van der Waals surface area contributed by atoms with Crippen molar-refractivity contribution < 1.29 is 29.0 Å². The second-order valence-electron chi connectivity index (χ2n) is 11.1. The number of phenolic OH excluding ortho intramolecular Hbond substituents is 1. The van der Waals surface area contributed by atoms with Gasteiger partial charge in [0.25, 0.3) is 0 Å². The van der Waals surface area contributed by atoms with Crippen LogP contribution < -0.4 is 5.32 Å². The predicted molar refractivity (Wildman–Crippen MR) is 149 cm³/mol. The summed E-state index contributed by atoms with van der Waals surface area (Å²) >= 11 is 0. The first kappa shape index (κ1) is 29.3. The molecule has 1 saturated heterocycles. The Morgan fingerprint density at radius 3 is 2.58 bits per heavy atom. The first-order valence-corrected chi connectivity index (χ1v) is 14.1. The third kappa shape index (κ3) is 8.17.